The van der Waals surface area contributed by atoms with E-state index in [2.05, 4.69) is 20.9 Å². The van der Waals surface area contributed by atoms with Gasteiger partial charge in [-0.2, -0.15) is 0 Å². The Kier molecular flexibility index (Phi) is 4.23. The van der Waals surface area contributed by atoms with Gasteiger partial charge in [-0.15, -0.1) is 0 Å². The van der Waals surface area contributed by atoms with Crippen molar-refractivity contribution in [1.82, 2.24) is 15.5 Å². The van der Waals surface area contributed by atoms with Gasteiger partial charge in [0.2, 0.25) is 0 Å². The van der Waals surface area contributed by atoms with Crippen molar-refractivity contribution in [1.29, 1.82) is 0 Å². The van der Waals surface area contributed by atoms with Gasteiger partial charge in [0.05, 0.1) is 6.54 Å². The fourth-order valence-electron chi connectivity index (χ4n) is 1.72. The van der Waals surface area contributed by atoms with Gasteiger partial charge in [0, 0.05) is 22.7 Å². The van der Waals surface area contributed by atoms with Crippen molar-refractivity contribution in [3.63, 3.8) is 0 Å². The van der Waals surface area contributed by atoms with E-state index in [-0.39, 0.29) is 11.3 Å². The third-order valence-corrected chi connectivity index (χ3v) is 2.93. The van der Waals surface area contributed by atoms with Crippen LogP contribution in [-0.4, -0.2) is 16.0 Å². The summed E-state index contributed by atoms with van der Waals surface area (Å²) in [6.07, 6.45) is 1.46. The maximum absolute atomic E-state index is 12.2. The maximum Gasteiger partial charge on any atom is 0.251 e. The van der Waals surface area contributed by atoms with E-state index >= 15 is 0 Å². The van der Waals surface area contributed by atoms with E-state index in [1.807, 2.05) is 20.8 Å². The minimum atomic E-state index is -0.220. The Labute approximate surface area is 122 Å². The number of nitrogen functional groups attached to an aromatic ring is 1. The summed E-state index contributed by atoms with van der Waals surface area (Å²) < 4.78 is 4.71. The Bertz CT molecular complexity index is 617. The van der Waals surface area contributed by atoms with Crippen LogP contribution in [0.3, 0.4) is 0 Å². The summed E-state index contributed by atoms with van der Waals surface area (Å²) in [5.41, 5.74) is 4.23. The second-order valence-electron chi connectivity index (χ2n) is 5.69. The minimum absolute atomic E-state index is 0.187. The van der Waals surface area contributed by atoms with E-state index in [0.29, 0.717) is 23.6 Å². The van der Waals surface area contributed by atoms with Crippen LogP contribution in [0.15, 0.2) is 29.0 Å². The van der Waals surface area contributed by atoms with Gasteiger partial charge in [0.25, 0.3) is 5.91 Å². The van der Waals surface area contributed by atoms with E-state index in [0.717, 1.165) is 5.69 Å². The molecule has 0 spiro atoms. The molecular weight excluding hydrogens is 270 g/mol. The highest BCUT2D eigenvalue weighted by Crippen LogP contribution is 2.23. The summed E-state index contributed by atoms with van der Waals surface area (Å²) in [6.45, 7) is 6.36. The lowest BCUT2D eigenvalue weighted by atomic mass is 9.90. The molecule has 1 amide bonds. The van der Waals surface area contributed by atoms with Crippen LogP contribution in [0.25, 0.3) is 0 Å². The zero-order chi connectivity index (χ0) is 15.5. The fraction of sp³-hybridized carbons (Fsp3) is 0.357. The molecule has 0 aliphatic rings. The van der Waals surface area contributed by atoms with Crippen molar-refractivity contribution >= 4 is 11.7 Å². The van der Waals surface area contributed by atoms with Crippen molar-refractivity contribution in [2.45, 2.75) is 32.7 Å². The Morgan fingerprint density at radius 1 is 1.38 bits per heavy atom. The first-order valence-electron chi connectivity index (χ1n) is 6.57. The van der Waals surface area contributed by atoms with Gasteiger partial charge in [-0.1, -0.05) is 25.9 Å². The second-order valence-corrected chi connectivity index (χ2v) is 5.69. The normalized spacial score (nSPS) is 11.2. The largest absolute Gasteiger partial charge is 0.364 e. The predicted octanol–water partition coefficient (Wildman–Crippen LogP) is 1.58. The molecule has 7 nitrogen and oxygen atoms in total. The van der Waals surface area contributed by atoms with Gasteiger partial charge in [0.15, 0.2) is 0 Å². The number of pyridine rings is 1. The number of carbonyl (C=O) groups excluding carboxylic acids is 1. The van der Waals surface area contributed by atoms with Crippen LogP contribution in [0.5, 0.6) is 0 Å². The average Bonchev–Trinajstić information content (AvgIpc) is 2.96. The maximum atomic E-state index is 12.2. The molecule has 21 heavy (non-hydrogen) atoms. The molecule has 0 fully saturated rings. The molecule has 0 aliphatic heterocycles. The lowest BCUT2D eigenvalue weighted by molar-refractivity contribution is 0.0950. The van der Waals surface area contributed by atoms with E-state index in [9.17, 15) is 4.79 Å². The first-order chi connectivity index (χ1) is 9.90. The van der Waals surface area contributed by atoms with E-state index in [1.54, 1.807) is 18.2 Å². The zero-order valence-electron chi connectivity index (χ0n) is 12.3. The minimum Gasteiger partial charge on any atom is -0.364 e. The van der Waals surface area contributed by atoms with Gasteiger partial charge in [-0.25, -0.2) is 10.8 Å². The van der Waals surface area contributed by atoms with Gasteiger partial charge in [-0.05, 0) is 12.1 Å². The topological polar surface area (TPSA) is 106 Å². The van der Waals surface area contributed by atoms with Crippen LogP contribution in [0.4, 0.5) is 5.82 Å². The molecule has 2 heterocycles. The van der Waals surface area contributed by atoms with Gasteiger partial charge < -0.3 is 15.3 Å². The number of rotatable bonds is 4. The first kappa shape index (κ1) is 15.0. The molecule has 0 aromatic carbocycles. The average molecular weight is 289 g/mol. The number of amides is 1. The van der Waals surface area contributed by atoms with Crippen molar-refractivity contribution in [2.24, 2.45) is 5.84 Å². The zero-order valence-corrected chi connectivity index (χ0v) is 12.3. The molecule has 0 saturated heterocycles. The molecule has 2 rings (SSSR count). The molecular formula is C14H19N5O2. The highest BCUT2D eigenvalue weighted by molar-refractivity contribution is 5.95. The second kappa shape index (κ2) is 5.92. The predicted molar refractivity (Wildman–Crippen MR) is 78.4 cm³/mol. The number of nitrogens with zero attached hydrogens (tertiary/aromatic N) is 2. The van der Waals surface area contributed by atoms with E-state index < -0.39 is 0 Å². The number of aromatic nitrogens is 2. The summed E-state index contributed by atoms with van der Waals surface area (Å²) in [5.74, 6) is 5.65. The van der Waals surface area contributed by atoms with Crippen molar-refractivity contribution < 1.29 is 9.32 Å². The van der Waals surface area contributed by atoms with Crippen molar-refractivity contribution in [2.75, 3.05) is 5.43 Å². The quantitative estimate of drug-likeness (QED) is 0.583. The van der Waals surface area contributed by atoms with E-state index in [1.165, 1.54) is 6.26 Å². The number of hydrazine groups is 1. The Balaban J connectivity index is 2.19. The Morgan fingerprint density at radius 2 is 2.14 bits per heavy atom. The SMILES string of the molecule is CC(C)(C)c1cc(C(=O)NCc2ccon2)cc(NN)n1. The molecule has 2 aromatic rings. The monoisotopic (exact) mass is 289 g/mol. The van der Waals surface area contributed by atoms with Gasteiger partial charge in [-0.3, -0.25) is 4.79 Å². The lowest BCUT2D eigenvalue weighted by Crippen LogP contribution is -2.25. The first-order valence-corrected chi connectivity index (χ1v) is 6.57. The number of anilines is 1. The van der Waals surface area contributed by atoms with Crippen LogP contribution >= 0.6 is 0 Å². The Morgan fingerprint density at radius 3 is 2.71 bits per heavy atom. The van der Waals surface area contributed by atoms with Crippen LogP contribution in [0, 0.1) is 0 Å². The summed E-state index contributed by atoms with van der Waals surface area (Å²) in [6, 6.07) is 5.06. The van der Waals surface area contributed by atoms with Crippen LogP contribution in [0.2, 0.25) is 0 Å². The summed E-state index contributed by atoms with van der Waals surface area (Å²) in [4.78, 5) is 16.6. The van der Waals surface area contributed by atoms with Crippen molar-refractivity contribution in [3.8, 4) is 0 Å². The van der Waals surface area contributed by atoms with Crippen LogP contribution in [-0.2, 0) is 12.0 Å². The summed E-state index contributed by atoms with van der Waals surface area (Å²) in [7, 11) is 0. The smallest absolute Gasteiger partial charge is 0.251 e. The third-order valence-electron chi connectivity index (χ3n) is 2.93. The molecule has 0 saturated carbocycles. The number of nitrogens with one attached hydrogen (secondary N) is 2. The molecule has 0 bridgehead atoms. The number of nitrogens with two attached hydrogens (primary N) is 1. The molecule has 0 aliphatic carbocycles. The highest BCUT2D eigenvalue weighted by atomic mass is 16.5. The number of hydrogen-bond acceptors (Lipinski definition) is 6. The lowest BCUT2D eigenvalue weighted by Gasteiger charge is -2.19. The molecule has 0 unspecified atom stereocenters. The van der Waals surface area contributed by atoms with Crippen LogP contribution in [0.1, 0.15) is 42.5 Å². The fourth-order valence-corrected chi connectivity index (χ4v) is 1.72. The van der Waals surface area contributed by atoms with Gasteiger partial charge in [0.1, 0.15) is 17.8 Å². The van der Waals surface area contributed by atoms with Gasteiger partial charge >= 0.3 is 0 Å². The molecule has 4 N–H and O–H groups in total. The molecule has 112 valence electrons. The number of hydrogen-bond donors (Lipinski definition) is 3. The highest BCUT2D eigenvalue weighted by Gasteiger charge is 2.19. The molecule has 7 heteroatoms. The third kappa shape index (κ3) is 3.79. The van der Waals surface area contributed by atoms with Crippen molar-refractivity contribution in [3.05, 3.63) is 41.4 Å². The molecule has 2 aromatic heterocycles. The number of carbonyl (C=O) groups is 1. The summed E-state index contributed by atoms with van der Waals surface area (Å²) in [5, 5.41) is 6.51. The standard InChI is InChI=1S/C14H19N5O2/c1-14(2,3)11-6-9(7-12(17-11)18-15)13(20)16-8-10-4-5-21-19-10/h4-7H,8,15H2,1-3H3,(H,16,20)(H,17,18). The van der Waals surface area contributed by atoms with E-state index in [4.69, 9.17) is 10.4 Å². The Hall–Kier alpha value is -2.41. The molecule has 0 radical (unpaired) electrons. The molecule has 0 atom stereocenters. The summed E-state index contributed by atoms with van der Waals surface area (Å²) >= 11 is 0. The van der Waals surface area contributed by atoms with Crippen LogP contribution < -0.4 is 16.6 Å².